The van der Waals surface area contributed by atoms with Gasteiger partial charge in [-0.3, -0.25) is 0 Å². The van der Waals surface area contributed by atoms with Gasteiger partial charge < -0.3 is 24.7 Å². The van der Waals surface area contributed by atoms with Crippen LogP contribution in [-0.4, -0.2) is 29.9 Å². The van der Waals surface area contributed by atoms with Gasteiger partial charge in [0.25, 0.3) is 0 Å². The van der Waals surface area contributed by atoms with Gasteiger partial charge in [0.2, 0.25) is 0 Å². The lowest BCUT2D eigenvalue weighted by Gasteiger charge is -2.26. The van der Waals surface area contributed by atoms with E-state index in [0.29, 0.717) is 13.2 Å². The molecular weight excluding hydrogens is 584 g/mol. The molecule has 3 aromatic carbocycles. The van der Waals surface area contributed by atoms with Crippen molar-refractivity contribution in [3.8, 4) is 39.5 Å². The summed E-state index contributed by atoms with van der Waals surface area (Å²) < 4.78 is 6.23. The van der Waals surface area contributed by atoms with Crippen molar-refractivity contribution in [3.63, 3.8) is 0 Å². The molecule has 9 rings (SSSR count). The van der Waals surface area contributed by atoms with E-state index in [1.54, 1.807) is 5.01 Å². The summed E-state index contributed by atoms with van der Waals surface area (Å²) in [5, 5.41) is 1.80. The van der Waals surface area contributed by atoms with Gasteiger partial charge in [0.1, 0.15) is 29.8 Å². The number of imidazole rings is 3. The zero-order valence-corrected chi connectivity index (χ0v) is 26.8. The van der Waals surface area contributed by atoms with Crippen LogP contribution in [0.4, 0.5) is 5.69 Å². The molecule has 0 bridgehead atoms. The summed E-state index contributed by atoms with van der Waals surface area (Å²) in [5.41, 5.74) is 16.1. The topological polar surface area (TPSA) is 125 Å². The molecule has 0 saturated carbocycles. The number of rotatable bonds is 6. The van der Waals surface area contributed by atoms with Gasteiger partial charge >= 0.3 is 0 Å². The standard InChI is InChI=1S/C38H38N8O/c1-21-6-11-27-32(16-21)46(39)19-30-37(27)44-34(42-30)15-10-24-8-13-28-33(18-24)47-20-31-38(28)45-35(43-31)14-9-23-7-12-26-25(17-23)4-3-5-29-36(26)41-22(2)40-29/h6-8,11-13,16-18H,3-5,9-10,14-15,19-20,39H2,1-2H3,(H,40,41)(H,42,44)(H,43,45). The normalized spacial score (nSPS) is 14.3. The maximum Gasteiger partial charge on any atom is 0.130 e. The van der Waals surface area contributed by atoms with E-state index in [-0.39, 0.29) is 0 Å². The first-order chi connectivity index (χ1) is 22.9. The van der Waals surface area contributed by atoms with Gasteiger partial charge in [-0.1, -0.05) is 36.4 Å². The number of ether oxygens (including phenoxy) is 1. The van der Waals surface area contributed by atoms with E-state index in [1.165, 1.54) is 33.5 Å². The highest BCUT2D eigenvalue weighted by molar-refractivity contribution is 5.81. The molecule has 0 amide bonds. The lowest BCUT2D eigenvalue weighted by molar-refractivity contribution is 0.297. The van der Waals surface area contributed by atoms with Crippen LogP contribution in [0.15, 0.2) is 54.6 Å². The Morgan fingerprint density at radius 2 is 1.40 bits per heavy atom. The Morgan fingerprint density at radius 1 is 0.702 bits per heavy atom. The van der Waals surface area contributed by atoms with Crippen LogP contribution in [0.25, 0.3) is 33.8 Å². The molecule has 1 aliphatic carbocycles. The largest absolute Gasteiger partial charge is 0.487 e. The summed E-state index contributed by atoms with van der Waals surface area (Å²) in [4.78, 5) is 25.4. The predicted molar refractivity (Wildman–Crippen MR) is 183 cm³/mol. The van der Waals surface area contributed by atoms with Gasteiger partial charge in [-0.25, -0.2) is 20.8 Å². The maximum absolute atomic E-state index is 6.35. The van der Waals surface area contributed by atoms with Gasteiger partial charge in [0.05, 0.1) is 40.7 Å². The number of nitrogens with zero attached hydrogens (tertiary/aromatic N) is 4. The molecule has 0 radical (unpaired) electrons. The third-order valence-corrected chi connectivity index (χ3v) is 9.87. The molecular formula is C38H38N8O. The number of nitrogens with two attached hydrogens (primary N) is 1. The minimum atomic E-state index is 0.502. The smallest absolute Gasteiger partial charge is 0.130 e. The van der Waals surface area contributed by atoms with Crippen LogP contribution >= 0.6 is 0 Å². The van der Waals surface area contributed by atoms with Crippen molar-refractivity contribution in [2.45, 2.75) is 71.9 Å². The number of H-pyrrole nitrogens is 3. The monoisotopic (exact) mass is 622 g/mol. The number of hydrogen-bond donors (Lipinski definition) is 4. The Hall–Kier alpha value is -5.15. The molecule has 9 heteroatoms. The molecule has 9 nitrogen and oxygen atoms in total. The van der Waals surface area contributed by atoms with Gasteiger partial charge in [-0.15, -0.1) is 0 Å². The number of aromatic amines is 3. The quantitative estimate of drug-likeness (QED) is 0.155. The molecule has 5 heterocycles. The van der Waals surface area contributed by atoms with Crippen LogP contribution in [0, 0.1) is 13.8 Å². The molecule has 236 valence electrons. The molecule has 0 atom stereocenters. The Kier molecular flexibility index (Phi) is 6.57. The third-order valence-electron chi connectivity index (χ3n) is 9.87. The number of fused-ring (bicyclic) bond motifs is 9. The molecule has 0 saturated heterocycles. The van der Waals surface area contributed by atoms with Crippen molar-refractivity contribution >= 4 is 5.69 Å². The number of aromatic nitrogens is 6. The summed E-state index contributed by atoms with van der Waals surface area (Å²) in [6, 6.07) is 19.8. The fourth-order valence-corrected chi connectivity index (χ4v) is 7.52. The van der Waals surface area contributed by atoms with E-state index in [4.69, 9.17) is 25.5 Å². The Labute approximate surface area is 273 Å². The fourth-order valence-electron chi connectivity index (χ4n) is 7.52. The SMILES string of the molecule is Cc1ccc2c(c1)N(N)Cc1[nH]c(CCc3ccc4c(c3)OCc3[nH]c(CCc5ccc6c(c5)CCCc5[nH]c(C)nc5-6)nc3-4)nc1-2. The first-order valence-electron chi connectivity index (χ1n) is 16.7. The number of hydrogen-bond acceptors (Lipinski definition) is 6. The first kappa shape index (κ1) is 28.1. The maximum atomic E-state index is 6.35. The third kappa shape index (κ3) is 5.02. The van der Waals surface area contributed by atoms with Gasteiger partial charge in [-0.2, -0.15) is 0 Å². The highest BCUT2D eigenvalue weighted by Crippen LogP contribution is 2.39. The number of anilines is 1. The van der Waals surface area contributed by atoms with Crippen LogP contribution in [0.2, 0.25) is 0 Å². The fraction of sp³-hybridized carbons (Fsp3) is 0.289. The molecule has 5 N–H and O–H groups in total. The number of benzene rings is 3. The first-order valence-corrected chi connectivity index (χ1v) is 16.7. The van der Waals surface area contributed by atoms with Crippen LogP contribution in [0.5, 0.6) is 5.75 Å². The lowest BCUT2D eigenvalue weighted by Crippen LogP contribution is -2.33. The van der Waals surface area contributed by atoms with E-state index in [1.807, 2.05) is 6.92 Å². The summed E-state index contributed by atoms with van der Waals surface area (Å²) in [6.07, 6.45) is 6.73. The molecule has 6 aromatic rings. The highest BCUT2D eigenvalue weighted by Gasteiger charge is 2.25. The van der Waals surface area contributed by atoms with Crippen molar-refractivity contribution in [2.24, 2.45) is 5.84 Å². The van der Waals surface area contributed by atoms with Crippen LogP contribution in [0.3, 0.4) is 0 Å². The van der Waals surface area contributed by atoms with E-state index in [2.05, 4.69) is 76.5 Å². The van der Waals surface area contributed by atoms with Crippen molar-refractivity contribution < 1.29 is 4.74 Å². The summed E-state index contributed by atoms with van der Waals surface area (Å²) >= 11 is 0. The zero-order chi connectivity index (χ0) is 31.6. The molecule has 47 heavy (non-hydrogen) atoms. The van der Waals surface area contributed by atoms with Crippen LogP contribution < -0.4 is 15.6 Å². The number of aryl methyl sites for hydroxylation is 8. The number of nitrogens with one attached hydrogen (secondary N) is 3. The van der Waals surface area contributed by atoms with E-state index >= 15 is 0 Å². The second-order valence-corrected chi connectivity index (χ2v) is 13.3. The summed E-state index contributed by atoms with van der Waals surface area (Å²) in [6.45, 7) is 5.25. The van der Waals surface area contributed by atoms with Gasteiger partial charge in [0, 0.05) is 35.2 Å². The molecule has 0 fully saturated rings. The molecule has 2 aliphatic heterocycles. The van der Waals surface area contributed by atoms with Crippen LogP contribution in [-0.2, 0) is 51.7 Å². The average molecular weight is 623 g/mol. The minimum absolute atomic E-state index is 0.502. The predicted octanol–water partition coefficient (Wildman–Crippen LogP) is 6.62. The van der Waals surface area contributed by atoms with Crippen molar-refractivity contribution in [1.29, 1.82) is 0 Å². The number of hydrazine groups is 1. The lowest BCUT2D eigenvalue weighted by atomic mass is 9.98. The van der Waals surface area contributed by atoms with Gasteiger partial charge in [0.15, 0.2) is 0 Å². The van der Waals surface area contributed by atoms with Crippen molar-refractivity contribution in [2.75, 3.05) is 5.01 Å². The second kappa shape index (κ2) is 11.0. The molecule has 3 aliphatic rings. The Morgan fingerprint density at radius 3 is 2.23 bits per heavy atom. The molecule has 0 spiro atoms. The molecule has 0 unspecified atom stereocenters. The average Bonchev–Trinajstić information content (AvgIpc) is 3.76. The summed E-state index contributed by atoms with van der Waals surface area (Å²) in [7, 11) is 0. The van der Waals surface area contributed by atoms with Crippen molar-refractivity contribution in [3.05, 3.63) is 111 Å². The zero-order valence-electron chi connectivity index (χ0n) is 26.8. The van der Waals surface area contributed by atoms with Crippen LogP contribution in [0.1, 0.15) is 63.2 Å². The van der Waals surface area contributed by atoms with Crippen molar-refractivity contribution in [1.82, 2.24) is 29.9 Å². The Balaban J connectivity index is 0.880. The van der Waals surface area contributed by atoms with E-state index in [9.17, 15) is 0 Å². The van der Waals surface area contributed by atoms with E-state index < -0.39 is 0 Å². The minimum Gasteiger partial charge on any atom is -0.487 e. The van der Waals surface area contributed by atoms with Gasteiger partial charge in [-0.05, 0) is 86.4 Å². The Bertz CT molecular complexity index is 2170. The highest BCUT2D eigenvalue weighted by atomic mass is 16.5. The van der Waals surface area contributed by atoms with E-state index in [0.717, 1.165) is 113 Å². The molecule has 3 aromatic heterocycles. The second-order valence-electron chi connectivity index (χ2n) is 13.3. The summed E-state index contributed by atoms with van der Waals surface area (Å²) in [5.74, 6) is 10.2.